The first-order chi connectivity index (χ1) is 13.8. The maximum atomic E-state index is 12.1. The monoisotopic (exact) mass is 428 g/mol. The summed E-state index contributed by atoms with van der Waals surface area (Å²) in [5.74, 6) is 0. The van der Waals surface area contributed by atoms with Gasteiger partial charge in [-0.2, -0.15) is 0 Å². The van der Waals surface area contributed by atoms with Crippen molar-refractivity contribution in [2.45, 2.75) is 128 Å². The van der Waals surface area contributed by atoms with Crippen molar-refractivity contribution >= 4 is 8.03 Å². The molecular weight excluding hydrogens is 377 g/mol. The van der Waals surface area contributed by atoms with E-state index in [1.807, 2.05) is 21.1 Å². The molecule has 3 nitrogen and oxygen atoms in total. The van der Waals surface area contributed by atoms with Crippen molar-refractivity contribution < 1.29 is 13.9 Å². The third-order valence-corrected chi connectivity index (χ3v) is 8.05. The van der Waals surface area contributed by atoms with Crippen LogP contribution in [0.15, 0.2) is 12.2 Å². The summed E-state index contributed by atoms with van der Waals surface area (Å²) >= 11 is 0. The molecule has 0 amide bonds. The van der Waals surface area contributed by atoms with E-state index in [1.54, 1.807) is 0 Å². The zero-order valence-electron chi connectivity index (χ0n) is 20.4. The van der Waals surface area contributed by atoms with Gasteiger partial charge in [-0.1, -0.05) is 88.4 Å². The Hall–Kier alpha value is -0.240. The molecule has 0 heterocycles. The predicted octanol–water partition coefficient (Wildman–Crippen LogP) is 7.72. The third-order valence-electron chi connectivity index (χ3n) is 6.33. The van der Waals surface area contributed by atoms with Gasteiger partial charge in [0.1, 0.15) is 0 Å². The van der Waals surface area contributed by atoms with E-state index in [-0.39, 0.29) is 0 Å². The minimum atomic E-state index is -2.43. The largest absolute Gasteiger partial charge is 0.590 e. The first-order valence-electron chi connectivity index (χ1n) is 12.4. The number of hydrogen-bond acceptors (Lipinski definition) is 2. The molecule has 0 spiro atoms. The lowest BCUT2D eigenvalue weighted by Gasteiger charge is -2.39. The first-order valence-corrected chi connectivity index (χ1v) is 13.6. The molecule has 4 heteroatoms. The molecule has 0 N–H and O–H groups in total. The molecule has 0 aromatic heterocycles. The maximum Gasteiger partial charge on any atom is 0.376 e. The molecule has 0 fully saturated rings. The van der Waals surface area contributed by atoms with E-state index in [0.29, 0.717) is 4.48 Å². The van der Waals surface area contributed by atoms with E-state index in [4.69, 9.17) is 0 Å². The van der Waals surface area contributed by atoms with Crippen LogP contribution < -0.4 is 4.89 Å². The van der Waals surface area contributed by atoms with E-state index in [0.717, 1.165) is 38.5 Å². The lowest BCUT2D eigenvalue weighted by atomic mass is 10.00. The van der Waals surface area contributed by atoms with Crippen molar-refractivity contribution in [1.29, 1.82) is 0 Å². The lowest BCUT2D eigenvalue weighted by molar-refractivity contribution is -0.910. The zero-order valence-corrected chi connectivity index (χ0v) is 21.3. The van der Waals surface area contributed by atoms with Crippen LogP contribution in [-0.2, 0) is 4.57 Å². The van der Waals surface area contributed by atoms with Gasteiger partial charge in [0.05, 0.1) is 21.1 Å². The lowest BCUT2D eigenvalue weighted by Crippen LogP contribution is -2.55. The smallest absolute Gasteiger partial charge is 0.376 e. The van der Waals surface area contributed by atoms with E-state index in [2.05, 4.69) is 26.0 Å². The van der Waals surface area contributed by atoms with Crippen LogP contribution in [-0.4, -0.2) is 30.9 Å². The number of hydrogen-bond donors (Lipinski definition) is 0. The number of allylic oxidation sites excluding steroid dienone is 2. The van der Waals surface area contributed by atoms with E-state index < -0.39 is 13.3 Å². The molecule has 29 heavy (non-hydrogen) atoms. The second-order valence-electron chi connectivity index (χ2n) is 9.69. The summed E-state index contributed by atoms with van der Waals surface area (Å²) in [6.07, 6.45) is 25.3. The normalized spacial score (nSPS) is 15.0. The van der Waals surface area contributed by atoms with Gasteiger partial charge in [-0.05, 0) is 38.5 Å². The molecule has 0 saturated heterocycles. The molecule has 0 aromatic carbocycles. The molecule has 0 bridgehead atoms. The van der Waals surface area contributed by atoms with E-state index >= 15 is 0 Å². The van der Waals surface area contributed by atoms with Crippen LogP contribution in [0.2, 0.25) is 0 Å². The number of unbranched alkanes of at least 4 members (excludes halogenated alkanes) is 12. The Balaban J connectivity index is 3.79. The summed E-state index contributed by atoms with van der Waals surface area (Å²) in [7, 11) is 3.63. The summed E-state index contributed by atoms with van der Waals surface area (Å²) in [6, 6.07) is 0. The average Bonchev–Trinajstić information content (AvgIpc) is 2.65. The molecular formula is C25H51NO2P+. The highest BCUT2D eigenvalue weighted by Crippen LogP contribution is 2.45. The first kappa shape index (κ1) is 28.8. The second-order valence-corrected chi connectivity index (χ2v) is 11.0. The number of nitrogens with zero attached hydrogens (tertiary/aromatic N) is 1. The standard InChI is InChI=1S/C25H51NO2P/c1-6-8-9-10-11-12-13-14-15-16-17-18-19-20-21-22-24-25(23-7-2,29(27)28)26(3,4)5/h18-19H,6-17,20-24H2,1-5H3/q+1/b19-18-. The Morgan fingerprint density at radius 2 is 1.14 bits per heavy atom. The molecule has 0 radical (unpaired) electrons. The number of rotatable bonds is 20. The average molecular weight is 429 g/mol. The van der Waals surface area contributed by atoms with Crippen LogP contribution in [0.25, 0.3) is 0 Å². The maximum absolute atomic E-state index is 12.1. The Morgan fingerprint density at radius 3 is 1.55 bits per heavy atom. The van der Waals surface area contributed by atoms with Crippen LogP contribution >= 0.6 is 8.03 Å². The minimum absolute atomic E-state index is 0.508. The Bertz CT molecular complexity index is 431. The Morgan fingerprint density at radius 1 is 0.690 bits per heavy atom. The van der Waals surface area contributed by atoms with E-state index in [9.17, 15) is 9.46 Å². The van der Waals surface area contributed by atoms with Crippen molar-refractivity contribution in [3.63, 3.8) is 0 Å². The van der Waals surface area contributed by atoms with Crippen molar-refractivity contribution in [2.24, 2.45) is 0 Å². The molecule has 0 aliphatic heterocycles. The van der Waals surface area contributed by atoms with Crippen molar-refractivity contribution in [2.75, 3.05) is 21.1 Å². The van der Waals surface area contributed by atoms with Crippen LogP contribution in [0.3, 0.4) is 0 Å². The second kappa shape index (κ2) is 17.4. The van der Waals surface area contributed by atoms with Crippen molar-refractivity contribution in [3.05, 3.63) is 12.2 Å². The highest BCUT2D eigenvalue weighted by Gasteiger charge is 2.53. The van der Waals surface area contributed by atoms with Crippen LogP contribution in [0, 0.1) is 0 Å². The van der Waals surface area contributed by atoms with Gasteiger partial charge in [0.15, 0.2) is 0 Å². The van der Waals surface area contributed by atoms with Crippen LogP contribution in [0.1, 0.15) is 123 Å². The molecule has 2 unspecified atom stereocenters. The van der Waals surface area contributed by atoms with Crippen LogP contribution in [0.4, 0.5) is 0 Å². The SMILES string of the molecule is CCCCCCCCCCCC/C=C\CCCCC(CCC)([P+](=O)[O-])[N+](C)(C)C. The highest BCUT2D eigenvalue weighted by atomic mass is 31.1. The fraction of sp³-hybridized carbons (Fsp3) is 0.920. The fourth-order valence-corrected chi connectivity index (χ4v) is 5.52. The van der Waals surface area contributed by atoms with Gasteiger partial charge in [-0.15, -0.1) is 0 Å². The van der Waals surface area contributed by atoms with Gasteiger partial charge in [0.2, 0.25) is 0 Å². The Kier molecular flexibility index (Phi) is 17.3. The minimum Gasteiger partial charge on any atom is -0.590 e. The van der Waals surface area contributed by atoms with Gasteiger partial charge in [0, 0.05) is 12.8 Å². The van der Waals surface area contributed by atoms with Gasteiger partial charge < -0.3 is 4.89 Å². The predicted molar refractivity (Wildman–Crippen MR) is 127 cm³/mol. The van der Waals surface area contributed by atoms with Crippen molar-refractivity contribution in [3.8, 4) is 0 Å². The van der Waals surface area contributed by atoms with Gasteiger partial charge in [0.25, 0.3) is 5.28 Å². The van der Waals surface area contributed by atoms with Crippen LogP contribution in [0.5, 0.6) is 0 Å². The molecule has 0 aromatic rings. The molecule has 172 valence electrons. The molecule has 0 saturated carbocycles. The quantitative estimate of drug-likeness (QED) is 0.0861. The summed E-state index contributed by atoms with van der Waals surface area (Å²) in [4.78, 5) is 12.1. The molecule has 0 aliphatic rings. The van der Waals surface area contributed by atoms with Crippen molar-refractivity contribution in [1.82, 2.24) is 0 Å². The molecule has 0 aliphatic carbocycles. The highest BCUT2D eigenvalue weighted by molar-refractivity contribution is 7.38. The molecule has 0 rings (SSSR count). The zero-order chi connectivity index (χ0) is 22.0. The fourth-order valence-electron chi connectivity index (χ4n) is 4.28. The summed E-state index contributed by atoms with van der Waals surface area (Å²) in [5, 5.41) is -0.607. The topological polar surface area (TPSA) is 40.1 Å². The summed E-state index contributed by atoms with van der Waals surface area (Å²) < 4.78 is 12.6. The van der Waals surface area contributed by atoms with E-state index in [1.165, 1.54) is 70.6 Å². The van der Waals surface area contributed by atoms with Gasteiger partial charge >= 0.3 is 8.03 Å². The Labute approximate surface area is 183 Å². The summed E-state index contributed by atoms with van der Waals surface area (Å²) in [5.41, 5.74) is 0. The third kappa shape index (κ3) is 12.9. The molecule has 2 atom stereocenters. The summed E-state index contributed by atoms with van der Waals surface area (Å²) in [6.45, 7) is 4.36. The number of quaternary nitrogens is 1. The van der Waals surface area contributed by atoms with Gasteiger partial charge in [-0.25, -0.2) is 0 Å². The van der Waals surface area contributed by atoms with Gasteiger partial charge in [-0.3, -0.25) is 4.48 Å².